The summed E-state index contributed by atoms with van der Waals surface area (Å²) in [4.78, 5) is 52.0. The highest BCUT2D eigenvalue weighted by Crippen LogP contribution is 2.18. The second kappa shape index (κ2) is 10.8. The first-order valence-corrected chi connectivity index (χ1v) is 10.3. The van der Waals surface area contributed by atoms with E-state index in [0.29, 0.717) is 31.7 Å². The van der Waals surface area contributed by atoms with E-state index in [1.165, 1.54) is 11.9 Å². The van der Waals surface area contributed by atoms with E-state index in [-0.39, 0.29) is 42.7 Å². The molecule has 1 N–H and O–H groups in total. The second-order valence-corrected chi connectivity index (χ2v) is 7.74. The van der Waals surface area contributed by atoms with Gasteiger partial charge in [0.2, 0.25) is 11.8 Å². The van der Waals surface area contributed by atoms with Gasteiger partial charge in [-0.25, -0.2) is 0 Å². The van der Waals surface area contributed by atoms with Crippen LogP contribution in [-0.2, 0) is 19.1 Å². The Bertz CT molecular complexity index is 788. The third-order valence-electron chi connectivity index (χ3n) is 5.08. The van der Waals surface area contributed by atoms with Gasteiger partial charge in [-0.15, -0.1) is 0 Å². The van der Waals surface area contributed by atoms with Crippen LogP contribution in [0.15, 0.2) is 18.2 Å². The van der Waals surface area contributed by atoms with Crippen LogP contribution in [-0.4, -0.2) is 73.3 Å². The minimum atomic E-state index is -0.361. The molecule has 1 fully saturated rings. The third-order valence-corrected chi connectivity index (χ3v) is 5.08. The summed E-state index contributed by atoms with van der Waals surface area (Å²) in [7, 11) is 1.52. The van der Waals surface area contributed by atoms with Crippen LogP contribution in [0.2, 0.25) is 0 Å². The lowest BCUT2D eigenvalue weighted by molar-refractivity contribution is -0.152. The fourth-order valence-corrected chi connectivity index (χ4v) is 3.55. The van der Waals surface area contributed by atoms with E-state index < -0.39 is 0 Å². The zero-order valence-corrected chi connectivity index (χ0v) is 18.2. The molecule has 1 heterocycles. The van der Waals surface area contributed by atoms with Crippen molar-refractivity contribution in [1.82, 2.24) is 15.1 Å². The third kappa shape index (κ3) is 6.57. The number of hydrogen-bond acceptors (Lipinski definition) is 5. The molecule has 30 heavy (non-hydrogen) atoms. The number of amides is 3. The Hall–Kier alpha value is -2.90. The van der Waals surface area contributed by atoms with Crippen molar-refractivity contribution in [2.24, 2.45) is 5.92 Å². The van der Waals surface area contributed by atoms with Gasteiger partial charge >= 0.3 is 5.97 Å². The summed E-state index contributed by atoms with van der Waals surface area (Å²) < 4.78 is 5.05. The Kier molecular flexibility index (Phi) is 8.38. The molecule has 3 amide bonds. The van der Waals surface area contributed by atoms with E-state index in [1.54, 1.807) is 24.0 Å². The molecule has 8 nitrogen and oxygen atoms in total. The van der Waals surface area contributed by atoms with Gasteiger partial charge in [0.1, 0.15) is 0 Å². The Balaban J connectivity index is 1.83. The maximum Gasteiger partial charge on any atom is 0.310 e. The van der Waals surface area contributed by atoms with Crippen molar-refractivity contribution in [3.8, 4) is 0 Å². The second-order valence-electron chi connectivity index (χ2n) is 7.74. The Labute approximate surface area is 177 Å². The first-order valence-electron chi connectivity index (χ1n) is 10.3. The number of nitrogens with zero attached hydrogens (tertiary/aromatic N) is 2. The fraction of sp³-hybridized carbons (Fsp3) is 0.545. The number of carbonyl (C=O) groups excluding carboxylic acids is 4. The number of esters is 1. The molecule has 2 rings (SSSR count). The molecule has 0 aromatic heterocycles. The normalized spacial score (nSPS) is 16.0. The van der Waals surface area contributed by atoms with Crippen molar-refractivity contribution in [3.05, 3.63) is 34.9 Å². The molecule has 0 saturated carbocycles. The van der Waals surface area contributed by atoms with E-state index in [9.17, 15) is 19.2 Å². The summed E-state index contributed by atoms with van der Waals surface area (Å²) in [5, 5.41) is 2.61. The van der Waals surface area contributed by atoms with Crippen molar-refractivity contribution in [1.29, 1.82) is 0 Å². The van der Waals surface area contributed by atoms with E-state index in [0.717, 1.165) is 17.5 Å². The highest BCUT2D eigenvalue weighted by Gasteiger charge is 2.30. The Morgan fingerprint density at radius 1 is 1.17 bits per heavy atom. The molecule has 0 aliphatic carbocycles. The molecule has 1 aromatic rings. The predicted molar refractivity (Wildman–Crippen MR) is 112 cm³/mol. The van der Waals surface area contributed by atoms with Gasteiger partial charge < -0.3 is 19.9 Å². The molecule has 1 saturated heterocycles. The van der Waals surface area contributed by atoms with E-state index in [1.807, 2.05) is 19.9 Å². The van der Waals surface area contributed by atoms with E-state index in [4.69, 9.17) is 4.74 Å². The number of ether oxygens (including phenoxy) is 1. The summed E-state index contributed by atoms with van der Waals surface area (Å²) in [6, 6.07) is 5.49. The summed E-state index contributed by atoms with van der Waals surface area (Å²) in [6.07, 6.45) is 1.42. The SMILES string of the molecule is CCOC(=O)C1CCCN(C(=O)CN(C)C(=O)CNC(=O)c2cc(C)cc(C)c2)C1. The van der Waals surface area contributed by atoms with Crippen molar-refractivity contribution < 1.29 is 23.9 Å². The molecule has 1 aromatic carbocycles. The van der Waals surface area contributed by atoms with Gasteiger partial charge in [-0.3, -0.25) is 19.2 Å². The zero-order valence-electron chi connectivity index (χ0n) is 18.2. The summed E-state index contributed by atoms with van der Waals surface area (Å²) in [5.74, 6) is -1.52. The number of nitrogens with one attached hydrogen (secondary N) is 1. The lowest BCUT2D eigenvalue weighted by Crippen LogP contribution is -2.48. The van der Waals surface area contributed by atoms with Crippen LogP contribution in [0.1, 0.15) is 41.3 Å². The highest BCUT2D eigenvalue weighted by atomic mass is 16.5. The van der Waals surface area contributed by atoms with Crippen LogP contribution >= 0.6 is 0 Å². The lowest BCUT2D eigenvalue weighted by atomic mass is 9.98. The molecule has 0 spiro atoms. The number of benzene rings is 1. The van der Waals surface area contributed by atoms with Gasteiger partial charge in [0.05, 0.1) is 25.6 Å². The number of aryl methyl sites for hydroxylation is 2. The standard InChI is InChI=1S/C22H31N3O5/c1-5-30-22(29)17-7-6-8-25(13-17)20(27)14-24(4)19(26)12-23-21(28)18-10-15(2)9-16(3)11-18/h9-11,17H,5-8,12-14H2,1-4H3,(H,23,28). The molecule has 1 unspecified atom stereocenters. The first kappa shape index (κ1) is 23.4. The predicted octanol–water partition coefficient (Wildman–Crippen LogP) is 1.29. The fourth-order valence-electron chi connectivity index (χ4n) is 3.55. The van der Waals surface area contributed by atoms with Gasteiger partial charge in [-0.1, -0.05) is 17.2 Å². The molecule has 1 aliphatic heterocycles. The number of piperidine rings is 1. The Morgan fingerprint density at radius 3 is 2.47 bits per heavy atom. The molecular formula is C22H31N3O5. The number of carbonyl (C=O) groups is 4. The molecule has 0 radical (unpaired) electrons. The Morgan fingerprint density at radius 2 is 1.83 bits per heavy atom. The van der Waals surface area contributed by atoms with Crippen molar-refractivity contribution in [2.75, 3.05) is 39.8 Å². The molecule has 0 bridgehead atoms. The lowest BCUT2D eigenvalue weighted by Gasteiger charge is -2.32. The van der Waals surface area contributed by atoms with E-state index in [2.05, 4.69) is 5.32 Å². The minimum Gasteiger partial charge on any atom is -0.466 e. The minimum absolute atomic E-state index is 0.103. The number of likely N-dealkylation sites (N-methyl/N-ethyl adjacent to an activating group) is 1. The molecule has 164 valence electrons. The number of likely N-dealkylation sites (tertiary alicyclic amines) is 1. The average Bonchev–Trinajstić information content (AvgIpc) is 2.71. The van der Waals surface area contributed by atoms with Crippen molar-refractivity contribution in [2.45, 2.75) is 33.6 Å². The number of hydrogen-bond donors (Lipinski definition) is 1. The van der Waals surface area contributed by atoms with Gasteiger partial charge in [0, 0.05) is 25.7 Å². The zero-order chi connectivity index (χ0) is 22.3. The van der Waals surface area contributed by atoms with Crippen LogP contribution in [0.5, 0.6) is 0 Å². The van der Waals surface area contributed by atoms with Crippen LogP contribution in [0.3, 0.4) is 0 Å². The van der Waals surface area contributed by atoms with Crippen molar-refractivity contribution >= 4 is 23.7 Å². The van der Waals surface area contributed by atoms with Crippen LogP contribution in [0, 0.1) is 19.8 Å². The van der Waals surface area contributed by atoms with E-state index >= 15 is 0 Å². The van der Waals surface area contributed by atoms with Crippen LogP contribution in [0.25, 0.3) is 0 Å². The topological polar surface area (TPSA) is 96.0 Å². The largest absolute Gasteiger partial charge is 0.466 e. The highest BCUT2D eigenvalue weighted by molar-refractivity contribution is 5.97. The van der Waals surface area contributed by atoms with Gasteiger partial charge in [0.25, 0.3) is 5.91 Å². The summed E-state index contributed by atoms with van der Waals surface area (Å²) in [5.41, 5.74) is 2.44. The summed E-state index contributed by atoms with van der Waals surface area (Å²) >= 11 is 0. The van der Waals surface area contributed by atoms with Gasteiger partial charge in [-0.2, -0.15) is 0 Å². The summed E-state index contributed by atoms with van der Waals surface area (Å²) in [6.45, 7) is 6.44. The molecule has 8 heteroatoms. The number of rotatable bonds is 7. The van der Waals surface area contributed by atoms with Crippen molar-refractivity contribution in [3.63, 3.8) is 0 Å². The first-order chi connectivity index (χ1) is 14.2. The molecular weight excluding hydrogens is 386 g/mol. The van der Waals surface area contributed by atoms with Gasteiger partial charge in [-0.05, 0) is 45.7 Å². The van der Waals surface area contributed by atoms with Gasteiger partial charge in [0.15, 0.2) is 0 Å². The molecule has 1 aliphatic rings. The van der Waals surface area contributed by atoms with Crippen LogP contribution in [0.4, 0.5) is 0 Å². The average molecular weight is 418 g/mol. The van der Waals surface area contributed by atoms with Crippen LogP contribution < -0.4 is 5.32 Å². The maximum absolute atomic E-state index is 12.6. The quantitative estimate of drug-likeness (QED) is 0.675. The smallest absolute Gasteiger partial charge is 0.310 e. The molecule has 1 atom stereocenters. The maximum atomic E-state index is 12.6. The monoisotopic (exact) mass is 417 g/mol.